The summed E-state index contributed by atoms with van der Waals surface area (Å²) in [6.45, 7) is 8.87. The van der Waals surface area contributed by atoms with E-state index in [1.54, 1.807) is 76.6 Å². The van der Waals surface area contributed by atoms with Crippen LogP contribution in [0.5, 0.6) is 17.2 Å². The van der Waals surface area contributed by atoms with Crippen LogP contribution in [0.3, 0.4) is 0 Å². The Hall–Kier alpha value is -7.10. The molecule has 1 saturated heterocycles. The number of aliphatic hydroxyl groups is 1. The number of nitrogens with zero attached hydrogens (tertiary/aromatic N) is 3. The van der Waals surface area contributed by atoms with Crippen LogP contribution in [-0.4, -0.2) is 129 Å². The van der Waals surface area contributed by atoms with Crippen molar-refractivity contribution in [2.75, 3.05) is 53.6 Å². The van der Waals surface area contributed by atoms with Crippen molar-refractivity contribution in [3.05, 3.63) is 124 Å². The van der Waals surface area contributed by atoms with E-state index in [0.717, 1.165) is 39.7 Å². The smallest absolute Gasteiger partial charge is 0.329 e. The third-order valence-corrected chi connectivity index (χ3v) is 15.3. The average Bonchev–Trinajstić information content (AvgIpc) is 3.42. The van der Waals surface area contributed by atoms with E-state index in [4.69, 9.17) is 18.9 Å². The summed E-state index contributed by atoms with van der Waals surface area (Å²) in [5, 5.41) is 30.9. The Bertz CT molecular complexity index is 2740. The number of non-ortho nitro benzene ring substituents is 1. The molecule has 4 aromatic rings. The maximum absolute atomic E-state index is 14.1. The average molecular weight is 1090 g/mol. The van der Waals surface area contributed by atoms with Crippen molar-refractivity contribution in [3.63, 3.8) is 0 Å². The predicted molar refractivity (Wildman–Crippen MR) is 288 cm³/mol. The van der Waals surface area contributed by atoms with Crippen LogP contribution in [0.2, 0.25) is 0 Å². The normalized spacial score (nSPS) is 14.9. The zero-order chi connectivity index (χ0) is 56.3. The summed E-state index contributed by atoms with van der Waals surface area (Å²) in [5.74, 6) is -0.844. The van der Waals surface area contributed by atoms with Crippen LogP contribution in [0.4, 0.5) is 10.5 Å². The lowest BCUT2D eigenvalue weighted by Gasteiger charge is -2.36. The number of hydrogen-bond donors (Lipinski definition) is 4. The number of esters is 1. The van der Waals surface area contributed by atoms with E-state index in [1.807, 2.05) is 45.0 Å². The van der Waals surface area contributed by atoms with Crippen molar-refractivity contribution in [1.29, 1.82) is 0 Å². The molecule has 1 aliphatic rings. The number of rotatable bonds is 29. The van der Waals surface area contributed by atoms with E-state index in [-0.39, 0.29) is 68.0 Å². The molecule has 0 bridgehead atoms. The van der Waals surface area contributed by atoms with Gasteiger partial charge in [-0.05, 0) is 104 Å². The standard InChI is InChI=1S/C56H74N6O14S/c1-8-56(4,5)52(65)53(66)61-31-13-12-19-46(61)54(67)76-48(26-20-40-21-27-49(73-6)50(34-40)74-7)41-17-14-18-43(35-41)75-32-30-57-51(64)28-29-58-55(68)59-45(33-39-15-10-9-11-16-39)47(63)37-60(36-38(2)3)77(71,72)44-24-22-42(23-25-44)62(69)70/h9-11,14-18,21-25,27,34-35,38,45-48,63H,8,12-13,19-20,26,28-33,36-37H2,1-7H3,(H,57,64)(H2,58,59,68)/t45-,46-,47+,48+/m0/s1. The molecular formula is C56H74N6O14S. The highest BCUT2D eigenvalue weighted by atomic mass is 32.2. The maximum Gasteiger partial charge on any atom is 0.329 e. The molecule has 0 unspecified atom stereocenters. The van der Waals surface area contributed by atoms with E-state index < -0.39 is 74.9 Å². The summed E-state index contributed by atoms with van der Waals surface area (Å²) in [6.07, 6.45) is 0.819. The van der Waals surface area contributed by atoms with Crippen LogP contribution in [0.1, 0.15) is 95.9 Å². The quantitative estimate of drug-likeness (QED) is 0.0145. The highest BCUT2D eigenvalue weighted by molar-refractivity contribution is 7.89. The van der Waals surface area contributed by atoms with Crippen molar-refractivity contribution in [3.8, 4) is 17.2 Å². The summed E-state index contributed by atoms with van der Waals surface area (Å²) >= 11 is 0. The molecule has 4 N–H and O–H groups in total. The molecule has 418 valence electrons. The van der Waals surface area contributed by atoms with Gasteiger partial charge in [0.05, 0.1) is 42.7 Å². The fourth-order valence-electron chi connectivity index (χ4n) is 8.66. The fraction of sp³-hybridized carbons (Fsp3) is 0.482. The molecule has 0 aromatic heterocycles. The van der Waals surface area contributed by atoms with Gasteiger partial charge in [-0.2, -0.15) is 4.31 Å². The van der Waals surface area contributed by atoms with Gasteiger partial charge in [0.25, 0.3) is 11.6 Å². The van der Waals surface area contributed by atoms with Crippen LogP contribution in [0.25, 0.3) is 0 Å². The number of nitro groups is 1. The van der Waals surface area contributed by atoms with Crippen molar-refractivity contribution in [2.24, 2.45) is 11.3 Å². The van der Waals surface area contributed by atoms with Gasteiger partial charge >= 0.3 is 12.0 Å². The predicted octanol–water partition coefficient (Wildman–Crippen LogP) is 6.72. The molecule has 20 nitrogen and oxygen atoms in total. The number of amides is 4. The molecule has 21 heteroatoms. The SMILES string of the molecule is CCC(C)(C)C(=O)C(=O)N1CCCC[C@H]1C(=O)O[C@H](CCc1ccc(OC)c(OC)c1)c1cccc(OCCNC(=O)CCNC(=O)N[C@@H](Cc2ccccc2)[C@H](O)CN(CC(C)C)S(=O)(=O)c2ccc([N+](=O)[O-])cc2)c1. The number of carbonyl (C=O) groups excluding carboxylic acids is 5. The van der Waals surface area contributed by atoms with Gasteiger partial charge in [0.15, 0.2) is 11.5 Å². The summed E-state index contributed by atoms with van der Waals surface area (Å²) < 4.78 is 51.9. The number of ether oxygens (including phenoxy) is 4. The number of piperidine rings is 1. The van der Waals surface area contributed by atoms with E-state index >= 15 is 0 Å². The molecule has 4 amide bonds. The highest BCUT2D eigenvalue weighted by Crippen LogP contribution is 2.33. The fourth-order valence-corrected chi connectivity index (χ4v) is 10.3. The van der Waals surface area contributed by atoms with Gasteiger partial charge < -0.3 is 44.9 Å². The number of methoxy groups -OCH3 is 2. The molecule has 5 rings (SSSR count). The maximum atomic E-state index is 14.1. The molecule has 4 aromatic carbocycles. The number of nitro benzene ring substituents is 1. The summed E-state index contributed by atoms with van der Waals surface area (Å²) in [7, 11) is -1.13. The molecule has 0 spiro atoms. The van der Waals surface area contributed by atoms with Gasteiger partial charge in [-0.25, -0.2) is 18.0 Å². The van der Waals surface area contributed by atoms with Gasteiger partial charge in [-0.15, -0.1) is 0 Å². The monoisotopic (exact) mass is 1090 g/mol. The Balaban J connectivity index is 1.18. The molecule has 1 heterocycles. The first kappa shape index (κ1) is 60.8. The van der Waals surface area contributed by atoms with Crippen molar-refractivity contribution in [1.82, 2.24) is 25.2 Å². The van der Waals surface area contributed by atoms with Crippen molar-refractivity contribution in [2.45, 2.75) is 115 Å². The molecule has 1 aliphatic heterocycles. The summed E-state index contributed by atoms with van der Waals surface area (Å²) in [5.41, 5.74) is 1.12. The number of nitrogens with one attached hydrogen (secondary N) is 3. The minimum absolute atomic E-state index is 0.0154. The summed E-state index contributed by atoms with van der Waals surface area (Å²) in [6, 6.07) is 23.5. The topological polar surface area (TPSA) is 262 Å². The number of likely N-dealkylation sites (tertiary alicyclic amines) is 1. The lowest BCUT2D eigenvalue weighted by atomic mass is 9.84. The number of Topliss-reactive ketones (excluding diaryl/α,β-unsaturated/α-hetero) is 1. The first-order chi connectivity index (χ1) is 36.7. The lowest BCUT2D eigenvalue weighted by molar-refractivity contribution is -0.384. The number of aryl methyl sites for hydroxylation is 1. The van der Waals surface area contributed by atoms with Crippen molar-refractivity contribution >= 4 is 45.3 Å². The second-order valence-corrected chi connectivity index (χ2v) is 21.9. The third kappa shape index (κ3) is 17.7. The Kier molecular flexibility index (Phi) is 22.8. The highest BCUT2D eigenvalue weighted by Gasteiger charge is 2.41. The van der Waals surface area contributed by atoms with Crippen LogP contribution < -0.4 is 30.2 Å². The number of sulfonamides is 1. The van der Waals surface area contributed by atoms with Crippen LogP contribution in [0, 0.1) is 21.4 Å². The van der Waals surface area contributed by atoms with Gasteiger partial charge in [-0.1, -0.05) is 83.1 Å². The lowest BCUT2D eigenvalue weighted by Crippen LogP contribution is -2.53. The molecule has 1 fully saturated rings. The molecule has 4 atom stereocenters. The number of urea groups is 1. The van der Waals surface area contributed by atoms with E-state index in [1.165, 1.54) is 4.90 Å². The molecule has 77 heavy (non-hydrogen) atoms. The van der Waals surface area contributed by atoms with Crippen molar-refractivity contribution < 1.29 is 61.4 Å². The second kappa shape index (κ2) is 28.9. The molecule has 0 radical (unpaired) electrons. The minimum atomic E-state index is -4.23. The largest absolute Gasteiger partial charge is 0.493 e. The molecule has 0 aliphatic carbocycles. The zero-order valence-corrected chi connectivity index (χ0v) is 45.8. The number of carbonyl (C=O) groups is 5. The number of hydrogen-bond acceptors (Lipinski definition) is 14. The van der Waals surface area contributed by atoms with Gasteiger partial charge in [-0.3, -0.25) is 24.5 Å². The van der Waals surface area contributed by atoms with Gasteiger partial charge in [0.2, 0.25) is 21.7 Å². The van der Waals surface area contributed by atoms with E-state index in [2.05, 4.69) is 16.0 Å². The van der Waals surface area contributed by atoms with Gasteiger partial charge in [0, 0.05) is 50.1 Å². The number of benzene rings is 4. The number of ketones is 1. The Morgan fingerprint density at radius 3 is 2.25 bits per heavy atom. The Labute approximate surface area is 451 Å². The van der Waals surface area contributed by atoms with Gasteiger partial charge in [0.1, 0.15) is 24.5 Å². The summed E-state index contributed by atoms with van der Waals surface area (Å²) in [4.78, 5) is 78.9. The van der Waals surface area contributed by atoms with Crippen LogP contribution in [0.15, 0.2) is 102 Å². The Morgan fingerprint density at radius 2 is 1.58 bits per heavy atom. The first-order valence-electron chi connectivity index (χ1n) is 25.9. The van der Waals surface area contributed by atoms with E-state index in [9.17, 15) is 47.6 Å². The third-order valence-electron chi connectivity index (χ3n) is 13.4. The van der Waals surface area contributed by atoms with E-state index in [0.29, 0.717) is 61.3 Å². The molecule has 0 saturated carbocycles. The second-order valence-electron chi connectivity index (χ2n) is 20.0. The first-order valence-corrected chi connectivity index (χ1v) is 27.4. The minimum Gasteiger partial charge on any atom is -0.493 e. The Morgan fingerprint density at radius 1 is 0.870 bits per heavy atom. The molecular weight excluding hydrogens is 1010 g/mol. The zero-order valence-electron chi connectivity index (χ0n) is 45.0. The van der Waals surface area contributed by atoms with Crippen LogP contribution in [-0.2, 0) is 46.8 Å². The number of aliphatic hydroxyl groups excluding tert-OH is 1. The van der Waals surface area contributed by atoms with Crippen LogP contribution >= 0.6 is 0 Å².